The fourth-order valence-corrected chi connectivity index (χ4v) is 4.02. The molecule has 3 aromatic rings. The molecule has 0 bridgehead atoms. The molecule has 148 valence electrons. The summed E-state index contributed by atoms with van der Waals surface area (Å²) >= 11 is 0. The zero-order chi connectivity index (χ0) is 20.4. The first-order chi connectivity index (χ1) is 14.0. The van der Waals surface area contributed by atoms with Crippen LogP contribution in [0.4, 0.5) is 0 Å². The van der Waals surface area contributed by atoms with E-state index in [4.69, 9.17) is 4.98 Å². The van der Waals surface area contributed by atoms with E-state index >= 15 is 0 Å². The first-order valence-corrected chi connectivity index (χ1v) is 10.3. The number of carbonyl (C=O) groups is 2. The molecule has 0 aliphatic carbocycles. The molecule has 0 unspecified atom stereocenters. The lowest BCUT2D eigenvalue weighted by Crippen LogP contribution is -2.40. The van der Waals surface area contributed by atoms with Gasteiger partial charge in [-0.15, -0.1) is 0 Å². The topological polar surface area (TPSA) is 50.3 Å². The number of ketones is 1. The highest BCUT2D eigenvalue weighted by molar-refractivity contribution is 6.06. The maximum atomic E-state index is 13.3. The zero-order valence-corrected chi connectivity index (χ0v) is 17.0. The molecular formula is C25H26N2O2. The lowest BCUT2D eigenvalue weighted by Gasteiger charge is -2.31. The summed E-state index contributed by atoms with van der Waals surface area (Å²) in [6.45, 7) is 5.39. The lowest BCUT2D eigenvalue weighted by molar-refractivity contribution is 0.0652. The third-order valence-electron chi connectivity index (χ3n) is 5.77. The Morgan fingerprint density at radius 2 is 1.62 bits per heavy atom. The van der Waals surface area contributed by atoms with E-state index in [1.807, 2.05) is 65.6 Å². The third-order valence-corrected chi connectivity index (χ3v) is 5.77. The van der Waals surface area contributed by atoms with Crippen molar-refractivity contribution in [2.24, 2.45) is 5.92 Å². The van der Waals surface area contributed by atoms with E-state index in [-0.39, 0.29) is 23.5 Å². The van der Waals surface area contributed by atoms with Crippen molar-refractivity contribution in [1.29, 1.82) is 0 Å². The number of amides is 1. The number of carbonyl (C=O) groups excluding carboxylic acids is 2. The molecule has 4 rings (SSSR count). The van der Waals surface area contributed by atoms with Crippen molar-refractivity contribution in [1.82, 2.24) is 9.88 Å². The SMILES string of the molecule is CC(C)c1cc(C(=O)N2CCC(C(=O)c3ccccc3)CC2)c2ccccc2n1. The smallest absolute Gasteiger partial charge is 0.254 e. The van der Waals surface area contributed by atoms with Crippen molar-refractivity contribution in [3.8, 4) is 0 Å². The van der Waals surface area contributed by atoms with Gasteiger partial charge in [-0.1, -0.05) is 62.4 Å². The lowest BCUT2D eigenvalue weighted by atomic mass is 9.88. The molecule has 2 aromatic carbocycles. The van der Waals surface area contributed by atoms with E-state index in [2.05, 4.69) is 13.8 Å². The number of nitrogens with zero attached hydrogens (tertiary/aromatic N) is 2. The van der Waals surface area contributed by atoms with Crippen LogP contribution in [-0.4, -0.2) is 34.7 Å². The molecule has 1 fully saturated rings. The van der Waals surface area contributed by atoms with E-state index in [0.29, 0.717) is 31.5 Å². The third kappa shape index (κ3) is 3.93. The molecule has 0 saturated carbocycles. The predicted molar refractivity (Wildman–Crippen MR) is 115 cm³/mol. The summed E-state index contributed by atoms with van der Waals surface area (Å²) in [5.74, 6) is 0.465. The Kier molecular flexibility index (Phi) is 5.43. The largest absolute Gasteiger partial charge is 0.339 e. The molecule has 4 nitrogen and oxygen atoms in total. The average Bonchev–Trinajstić information content (AvgIpc) is 2.78. The van der Waals surface area contributed by atoms with Crippen molar-refractivity contribution >= 4 is 22.6 Å². The van der Waals surface area contributed by atoms with Crippen LogP contribution in [0.15, 0.2) is 60.7 Å². The van der Waals surface area contributed by atoms with Crippen LogP contribution in [-0.2, 0) is 0 Å². The van der Waals surface area contributed by atoms with Gasteiger partial charge in [0.15, 0.2) is 5.78 Å². The molecule has 1 aliphatic rings. The first-order valence-electron chi connectivity index (χ1n) is 10.3. The van der Waals surface area contributed by atoms with Crippen molar-refractivity contribution in [2.75, 3.05) is 13.1 Å². The standard InChI is InChI=1S/C25H26N2O2/c1-17(2)23-16-21(20-10-6-7-11-22(20)26-23)25(29)27-14-12-19(13-15-27)24(28)18-8-4-3-5-9-18/h3-11,16-17,19H,12-15H2,1-2H3. The molecule has 4 heteroatoms. The van der Waals surface area contributed by atoms with Crippen LogP contribution in [0.2, 0.25) is 0 Å². The van der Waals surface area contributed by atoms with Gasteiger partial charge in [-0.3, -0.25) is 14.6 Å². The molecule has 0 radical (unpaired) electrons. The Morgan fingerprint density at radius 3 is 2.31 bits per heavy atom. The number of likely N-dealkylation sites (tertiary alicyclic amines) is 1. The second-order valence-electron chi connectivity index (χ2n) is 8.06. The molecule has 29 heavy (non-hydrogen) atoms. The Balaban J connectivity index is 1.54. The number of rotatable bonds is 4. The molecular weight excluding hydrogens is 360 g/mol. The van der Waals surface area contributed by atoms with Crippen LogP contribution < -0.4 is 0 Å². The second kappa shape index (κ2) is 8.16. The monoisotopic (exact) mass is 386 g/mol. The molecule has 1 saturated heterocycles. The highest BCUT2D eigenvalue weighted by Crippen LogP contribution is 2.27. The summed E-state index contributed by atoms with van der Waals surface area (Å²) in [6, 6.07) is 19.2. The molecule has 0 N–H and O–H groups in total. The molecule has 0 spiro atoms. The number of piperidine rings is 1. The minimum atomic E-state index is -0.0122. The van der Waals surface area contributed by atoms with E-state index < -0.39 is 0 Å². The number of fused-ring (bicyclic) bond motifs is 1. The van der Waals surface area contributed by atoms with Gasteiger partial charge in [0.25, 0.3) is 5.91 Å². The Labute approximate surface area is 171 Å². The van der Waals surface area contributed by atoms with Gasteiger partial charge in [0.2, 0.25) is 0 Å². The van der Waals surface area contributed by atoms with Crippen LogP contribution in [0, 0.1) is 5.92 Å². The van der Waals surface area contributed by atoms with E-state index in [1.54, 1.807) is 0 Å². The zero-order valence-electron chi connectivity index (χ0n) is 17.0. The van der Waals surface area contributed by atoms with Gasteiger partial charge in [-0.05, 0) is 30.9 Å². The van der Waals surface area contributed by atoms with Gasteiger partial charge in [-0.25, -0.2) is 0 Å². The number of para-hydroxylation sites is 1. The second-order valence-corrected chi connectivity index (χ2v) is 8.06. The fourth-order valence-electron chi connectivity index (χ4n) is 4.02. The summed E-state index contributed by atoms with van der Waals surface area (Å²) in [6.07, 6.45) is 1.42. The van der Waals surface area contributed by atoms with Crippen molar-refractivity contribution in [2.45, 2.75) is 32.6 Å². The van der Waals surface area contributed by atoms with Gasteiger partial charge >= 0.3 is 0 Å². The van der Waals surface area contributed by atoms with Gasteiger partial charge in [-0.2, -0.15) is 0 Å². The van der Waals surface area contributed by atoms with Gasteiger partial charge in [0.05, 0.1) is 11.1 Å². The van der Waals surface area contributed by atoms with Gasteiger partial charge < -0.3 is 4.90 Å². The van der Waals surface area contributed by atoms with Crippen LogP contribution in [0.3, 0.4) is 0 Å². The molecule has 1 amide bonds. The van der Waals surface area contributed by atoms with E-state index in [9.17, 15) is 9.59 Å². The number of benzene rings is 2. The van der Waals surface area contributed by atoms with Crippen LogP contribution in [0.25, 0.3) is 10.9 Å². The number of aromatic nitrogens is 1. The Hall–Kier alpha value is -3.01. The van der Waals surface area contributed by atoms with E-state index in [0.717, 1.165) is 22.2 Å². The average molecular weight is 386 g/mol. The number of pyridine rings is 1. The minimum absolute atomic E-state index is 0.0122. The number of hydrogen-bond donors (Lipinski definition) is 0. The van der Waals surface area contributed by atoms with E-state index in [1.165, 1.54) is 0 Å². The van der Waals surface area contributed by atoms with Crippen molar-refractivity contribution in [3.63, 3.8) is 0 Å². The summed E-state index contributed by atoms with van der Waals surface area (Å²) in [5, 5.41) is 0.893. The normalized spacial score (nSPS) is 15.1. The Morgan fingerprint density at radius 1 is 0.966 bits per heavy atom. The minimum Gasteiger partial charge on any atom is -0.339 e. The number of Topliss-reactive ketones (excluding diaryl/α,β-unsaturated/α-hetero) is 1. The van der Waals surface area contributed by atoms with Crippen LogP contribution in [0.5, 0.6) is 0 Å². The highest BCUT2D eigenvalue weighted by Gasteiger charge is 2.29. The molecule has 0 atom stereocenters. The van der Waals surface area contributed by atoms with Gasteiger partial charge in [0.1, 0.15) is 0 Å². The molecule has 2 heterocycles. The molecule has 1 aromatic heterocycles. The predicted octanol–water partition coefficient (Wildman–Crippen LogP) is 5.09. The maximum absolute atomic E-state index is 13.3. The summed E-state index contributed by atoms with van der Waals surface area (Å²) in [5.41, 5.74) is 3.27. The number of hydrogen-bond acceptors (Lipinski definition) is 3. The first kappa shape index (κ1) is 19.3. The highest BCUT2D eigenvalue weighted by atomic mass is 16.2. The quantitative estimate of drug-likeness (QED) is 0.587. The van der Waals surface area contributed by atoms with Crippen LogP contribution in [0.1, 0.15) is 59.0 Å². The van der Waals surface area contributed by atoms with Crippen molar-refractivity contribution in [3.05, 3.63) is 77.5 Å². The Bertz CT molecular complexity index is 1040. The van der Waals surface area contributed by atoms with Crippen molar-refractivity contribution < 1.29 is 9.59 Å². The fraction of sp³-hybridized carbons (Fsp3) is 0.320. The van der Waals surface area contributed by atoms with Gasteiger partial charge in [0, 0.05) is 35.7 Å². The molecule has 1 aliphatic heterocycles. The maximum Gasteiger partial charge on any atom is 0.254 e. The summed E-state index contributed by atoms with van der Waals surface area (Å²) < 4.78 is 0. The summed E-state index contributed by atoms with van der Waals surface area (Å²) in [7, 11) is 0. The van der Waals surface area contributed by atoms with Crippen LogP contribution >= 0.6 is 0 Å². The summed E-state index contributed by atoms with van der Waals surface area (Å²) in [4.78, 5) is 32.7.